The molecule has 0 spiro atoms. The Bertz CT molecular complexity index is 279. The number of hydrogen-bond acceptors (Lipinski definition) is 4. The first-order chi connectivity index (χ1) is 6.39. The van der Waals surface area contributed by atoms with E-state index >= 15 is 0 Å². The predicted molar refractivity (Wildman–Crippen MR) is 59.3 cm³/mol. The van der Waals surface area contributed by atoms with Crippen LogP contribution in [0.15, 0.2) is 11.6 Å². The molecule has 0 fully saturated rings. The molecule has 0 aromatic carbocycles. The molecule has 3 nitrogen and oxygen atoms in total. The Hall–Kier alpha value is -0.450. The van der Waals surface area contributed by atoms with Crippen molar-refractivity contribution < 1.29 is 5.11 Å². The van der Waals surface area contributed by atoms with E-state index in [2.05, 4.69) is 4.98 Å². The zero-order valence-electron chi connectivity index (χ0n) is 8.95. The highest BCUT2D eigenvalue weighted by Gasteiger charge is 2.39. The van der Waals surface area contributed by atoms with Gasteiger partial charge in [0.25, 0.3) is 0 Å². The first kappa shape index (κ1) is 11.6. The van der Waals surface area contributed by atoms with Crippen molar-refractivity contribution in [2.24, 2.45) is 11.1 Å². The highest BCUT2D eigenvalue weighted by Crippen LogP contribution is 2.32. The lowest BCUT2D eigenvalue weighted by Gasteiger charge is -2.38. The zero-order chi connectivity index (χ0) is 10.8. The molecule has 1 rings (SSSR count). The number of thiazole rings is 1. The number of aliphatic hydroxyl groups is 1. The minimum atomic E-state index is -0.870. The van der Waals surface area contributed by atoms with Crippen molar-refractivity contribution in [3.05, 3.63) is 16.6 Å². The summed E-state index contributed by atoms with van der Waals surface area (Å²) in [6, 6.07) is 0. The second kappa shape index (κ2) is 3.96. The molecule has 1 atom stereocenters. The summed E-state index contributed by atoms with van der Waals surface area (Å²) < 4.78 is 0. The van der Waals surface area contributed by atoms with Crippen molar-refractivity contribution >= 4 is 11.3 Å². The molecule has 0 aliphatic rings. The van der Waals surface area contributed by atoms with Gasteiger partial charge in [0.2, 0.25) is 0 Å². The SMILES string of the molecule is CC(C)(C)C(O)(CN)Cc1nccs1. The molecule has 3 N–H and O–H groups in total. The fraction of sp³-hybridized carbons (Fsp3) is 0.700. The van der Waals surface area contributed by atoms with E-state index < -0.39 is 5.60 Å². The average molecular weight is 214 g/mol. The summed E-state index contributed by atoms with van der Waals surface area (Å²) in [6.07, 6.45) is 2.28. The van der Waals surface area contributed by atoms with Crippen molar-refractivity contribution in [1.29, 1.82) is 0 Å². The van der Waals surface area contributed by atoms with Crippen LogP contribution in [0, 0.1) is 5.41 Å². The van der Waals surface area contributed by atoms with E-state index in [-0.39, 0.29) is 12.0 Å². The van der Waals surface area contributed by atoms with Crippen LogP contribution in [0.4, 0.5) is 0 Å². The van der Waals surface area contributed by atoms with Gasteiger partial charge in [-0.2, -0.15) is 0 Å². The summed E-state index contributed by atoms with van der Waals surface area (Å²) in [7, 11) is 0. The van der Waals surface area contributed by atoms with E-state index in [0.717, 1.165) is 5.01 Å². The topological polar surface area (TPSA) is 59.1 Å². The summed E-state index contributed by atoms with van der Waals surface area (Å²) in [4.78, 5) is 4.17. The lowest BCUT2D eigenvalue weighted by molar-refractivity contribution is -0.0490. The molecule has 0 saturated heterocycles. The molecule has 1 aromatic heterocycles. The van der Waals surface area contributed by atoms with E-state index in [1.165, 1.54) is 0 Å². The first-order valence-electron chi connectivity index (χ1n) is 4.70. The summed E-state index contributed by atoms with van der Waals surface area (Å²) >= 11 is 1.55. The van der Waals surface area contributed by atoms with Gasteiger partial charge >= 0.3 is 0 Å². The average Bonchev–Trinajstić information content (AvgIpc) is 2.54. The Morgan fingerprint density at radius 1 is 1.50 bits per heavy atom. The van der Waals surface area contributed by atoms with E-state index in [0.29, 0.717) is 6.42 Å². The van der Waals surface area contributed by atoms with E-state index in [4.69, 9.17) is 5.73 Å². The quantitative estimate of drug-likeness (QED) is 0.800. The minimum absolute atomic E-state index is 0.229. The second-order valence-corrected chi connectivity index (χ2v) is 5.57. The van der Waals surface area contributed by atoms with Gasteiger partial charge in [0, 0.05) is 24.5 Å². The summed E-state index contributed by atoms with van der Waals surface area (Å²) in [6.45, 7) is 6.24. The standard InChI is InChI=1S/C10H18N2OS/c1-9(2,3)10(13,7-11)6-8-12-4-5-14-8/h4-5,13H,6-7,11H2,1-3H3. The molecule has 0 radical (unpaired) electrons. The van der Waals surface area contributed by atoms with E-state index in [1.807, 2.05) is 26.2 Å². The molecular weight excluding hydrogens is 196 g/mol. The molecule has 0 amide bonds. The highest BCUT2D eigenvalue weighted by atomic mass is 32.1. The molecule has 80 valence electrons. The minimum Gasteiger partial charge on any atom is -0.388 e. The second-order valence-electron chi connectivity index (χ2n) is 4.59. The Balaban J connectivity index is 2.82. The normalized spacial score (nSPS) is 16.6. The molecular formula is C10H18N2OS. The van der Waals surface area contributed by atoms with Crippen LogP contribution >= 0.6 is 11.3 Å². The zero-order valence-corrected chi connectivity index (χ0v) is 9.77. The van der Waals surface area contributed by atoms with Crippen LogP contribution < -0.4 is 5.73 Å². The first-order valence-corrected chi connectivity index (χ1v) is 5.58. The van der Waals surface area contributed by atoms with Crippen LogP contribution in [0.3, 0.4) is 0 Å². The van der Waals surface area contributed by atoms with Crippen molar-refractivity contribution in [1.82, 2.24) is 4.98 Å². The number of nitrogens with zero attached hydrogens (tertiary/aromatic N) is 1. The Kier molecular flexibility index (Phi) is 3.29. The Morgan fingerprint density at radius 2 is 2.14 bits per heavy atom. The van der Waals surface area contributed by atoms with Crippen LogP contribution in [0.5, 0.6) is 0 Å². The van der Waals surface area contributed by atoms with Gasteiger partial charge in [0.15, 0.2) is 0 Å². The smallest absolute Gasteiger partial charge is 0.0954 e. The molecule has 4 heteroatoms. The fourth-order valence-electron chi connectivity index (χ4n) is 1.23. The van der Waals surface area contributed by atoms with Gasteiger partial charge in [-0.05, 0) is 5.41 Å². The van der Waals surface area contributed by atoms with Crippen molar-refractivity contribution in [3.8, 4) is 0 Å². The molecule has 1 heterocycles. The number of aromatic nitrogens is 1. The van der Waals surface area contributed by atoms with Crippen molar-refractivity contribution in [2.75, 3.05) is 6.54 Å². The van der Waals surface area contributed by atoms with Gasteiger partial charge in [-0.15, -0.1) is 11.3 Å². The summed E-state index contributed by atoms with van der Waals surface area (Å²) in [5, 5.41) is 13.2. The van der Waals surface area contributed by atoms with Crippen LogP contribution in [0.1, 0.15) is 25.8 Å². The number of nitrogens with two attached hydrogens (primary N) is 1. The van der Waals surface area contributed by atoms with Crippen LogP contribution in [0.25, 0.3) is 0 Å². The summed E-state index contributed by atoms with van der Waals surface area (Å²) in [5.74, 6) is 0. The molecule has 0 aliphatic carbocycles. The third-order valence-corrected chi connectivity index (χ3v) is 3.44. The monoisotopic (exact) mass is 214 g/mol. The van der Waals surface area contributed by atoms with E-state index in [9.17, 15) is 5.11 Å². The maximum absolute atomic E-state index is 10.4. The molecule has 0 saturated carbocycles. The van der Waals surface area contributed by atoms with Gasteiger partial charge in [0.05, 0.1) is 10.6 Å². The molecule has 0 bridgehead atoms. The Morgan fingerprint density at radius 3 is 2.50 bits per heavy atom. The molecule has 1 unspecified atom stereocenters. The maximum Gasteiger partial charge on any atom is 0.0954 e. The Labute approximate surface area is 89.0 Å². The van der Waals surface area contributed by atoms with Gasteiger partial charge in [-0.3, -0.25) is 0 Å². The van der Waals surface area contributed by atoms with Gasteiger partial charge in [-0.1, -0.05) is 20.8 Å². The van der Waals surface area contributed by atoms with Crippen LogP contribution in [0.2, 0.25) is 0 Å². The lowest BCUT2D eigenvalue weighted by Crippen LogP contribution is -2.50. The lowest BCUT2D eigenvalue weighted by atomic mass is 9.74. The molecule has 14 heavy (non-hydrogen) atoms. The van der Waals surface area contributed by atoms with Gasteiger partial charge in [-0.25, -0.2) is 4.98 Å². The highest BCUT2D eigenvalue weighted by molar-refractivity contribution is 7.09. The molecule has 0 aliphatic heterocycles. The van der Waals surface area contributed by atoms with Crippen LogP contribution in [-0.2, 0) is 6.42 Å². The molecule has 1 aromatic rings. The maximum atomic E-state index is 10.4. The largest absolute Gasteiger partial charge is 0.388 e. The number of rotatable bonds is 3. The van der Waals surface area contributed by atoms with Crippen LogP contribution in [-0.4, -0.2) is 22.2 Å². The predicted octanol–water partition coefficient (Wildman–Crippen LogP) is 1.42. The van der Waals surface area contributed by atoms with E-state index in [1.54, 1.807) is 17.5 Å². The number of hydrogen-bond donors (Lipinski definition) is 2. The third kappa shape index (κ3) is 2.32. The van der Waals surface area contributed by atoms with Crippen molar-refractivity contribution in [2.45, 2.75) is 32.8 Å². The van der Waals surface area contributed by atoms with Crippen molar-refractivity contribution in [3.63, 3.8) is 0 Å². The third-order valence-electron chi connectivity index (χ3n) is 2.66. The van der Waals surface area contributed by atoms with Gasteiger partial charge in [0.1, 0.15) is 0 Å². The van der Waals surface area contributed by atoms with Gasteiger partial charge < -0.3 is 10.8 Å². The summed E-state index contributed by atoms with van der Waals surface area (Å²) in [5.41, 5.74) is 4.54. The fourth-order valence-corrected chi connectivity index (χ4v) is 1.96.